The number of H-pyrrole nitrogens is 1. The first kappa shape index (κ1) is 22.8. The van der Waals surface area contributed by atoms with Crippen LogP contribution in [0.1, 0.15) is 18.5 Å². The summed E-state index contributed by atoms with van der Waals surface area (Å²) < 4.78 is 23.6. The first-order chi connectivity index (χ1) is 16.6. The Bertz CT molecular complexity index is 1170. The fourth-order valence-electron chi connectivity index (χ4n) is 3.90. The van der Waals surface area contributed by atoms with Crippen LogP contribution in [0.3, 0.4) is 0 Å². The number of aromatic nitrogens is 1. The van der Waals surface area contributed by atoms with Gasteiger partial charge < -0.3 is 29.0 Å². The highest BCUT2D eigenvalue weighted by atomic mass is 32.2. The monoisotopic (exact) mass is 480 g/mol. The molecule has 0 amide bonds. The predicted molar refractivity (Wildman–Crippen MR) is 132 cm³/mol. The molecule has 1 saturated carbocycles. The Morgan fingerprint density at radius 2 is 1.82 bits per heavy atom. The Kier molecular flexibility index (Phi) is 6.54. The number of hydrogen-bond donors (Lipinski definition) is 2. The summed E-state index contributed by atoms with van der Waals surface area (Å²) >= 11 is 1.69. The van der Waals surface area contributed by atoms with Crippen molar-refractivity contribution in [2.24, 2.45) is 4.99 Å². The van der Waals surface area contributed by atoms with Crippen molar-refractivity contribution < 1.29 is 24.1 Å². The number of rotatable bonds is 10. The molecule has 1 fully saturated rings. The zero-order valence-corrected chi connectivity index (χ0v) is 20.1. The second kappa shape index (κ2) is 9.74. The van der Waals surface area contributed by atoms with Gasteiger partial charge in [0.25, 0.3) is 0 Å². The maximum Gasteiger partial charge on any atom is 0.233 e. The van der Waals surface area contributed by atoms with Gasteiger partial charge in [-0.3, -0.25) is 0 Å². The predicted octanol–water partition coefficient (Wildman–Crippen LogP) is 4.89. The van der Waals surface area contributed by atoms with Gasteiger partial charge in [-0.1, -0.05) is 0 Å². The third-order valence-electron chi connectivity index (χ3n) is 5.87. The average Bonchev–Trinajstić information content (AvgIpc) is 3.25. The van der Waals surface area contributed by atoms with Crippen LogP contribution in [0.2, 0.25) is 0 Å². The summed E-state index contributed by atoms with van der Waals surface area (Å²) in [5.74, 6) is 2.69. The number of aliphatic hydroxyl groups excluding tert-OH is 1. The fraction of sp³-hybridized carbons (Fsp3) is 0.346. The van der Waals surface area contributed by atoms with Crippen molar-refractivity contribution in [1.82, 2.24) is 4.98 Å². The van der Waals surface area contributed by atoms with E-state index in [0.29, 0.717) is 24.8 Å². The van der Waals surface area contributed by atoms with Crippen LogP contribution in [0, 0.1) is 0 Å². The van der Waals surface area contributed by atoms with E-state index in [-0.39, 0.29) is 18.3 Å². The first-order valence-corrected chi connectivity index (χ1v) is 12.5. The number of aliphatic imine (C=N–C) groups is 1. The number of methoxy groups -OCH3 is 1. The number of aliphatic hydroxyl groups is 1. The maximum atomic E-state index is 9.32. The number of benzene rings is 2. The quantitative estimate of drug-likeness (QED) is 0.402. The SMILES string of the molecule is COCC1(Oc2cc(Oc3ccc(SC)cc3)cc(-c3ccc(C4=NC[C@H](CO)O4)[nH]3)c2)CC1. The van der Waals surface area contributed by atoms with Crippen LogP contribution in [0.25, 0.3) is 11.3 Å². The van der Waals surface area contributed by atoms with Crippen LogP contribution in [-0.2, 0) is 9.47 Å². The minimum atomic E-state index is -0.286. The summed E-state index contributed by atoms with van der Waals surface area (Å²) in [6.07, 6.45) is 3.69. The summed E-state index contributed by atoms with van der Waals surface area (Å²) in [6, 6.07) is 17.8. The number of nitrogens with one attached hydrogen (secondary N) is 1. The van der Waals surface area contributed by atoms with Gasteiger partial charge in [-0.25, -0.2) is 4.99 Å². The molecule has 1 atom stereocenters. The van der Waals surface area contributed by atoms with Gasteiger partial charge in [-0.15, -0.1) is 11.8 Å². The largest absolute Gasteiger partial charge is 0.485 e. The molecule has 1 aliphatic heterocycles. The van der Waals surface area contributed by atoms with E-state index in [2.05, 4.69) is 9.98 Å². The lowest BCUT2D eigenvalue weighted by molar-refractivity contribution is 0.0638. The Balaban J connectivity index is 1.43. The number of ether oxygens (including phenoxy) is 4. The summed E-state index contributed by atoms with van der Waals surface area (Å²) in [4.78, 5) is 8.94. The summed E-state index contributed by atoms with van der Waals surface area (Å²) in [6.45, 7) is 0.958. The van der Waals surface area contributed by atoms with Crippen molar-refractivity contribution >= 4 is 17.7 Å². The lowest BCUT2D eigenvalue weighted by atomic mass is 10.1. The van der Waals surface area contributed by atoms with Gasteiger partial charge in [-0.05, 0) is 67.6 Å². The molecular weight excluding hydrogens is 452 g/mol. The molecule has 1 aliphatic carbocycles. The molecule has 5 rings (SSSR count). The second-order valence-electron chi connectivity index (χ2n) is 8.54. The lowest BCUT2D eigenvalue weighted by Crippen LogP contribution is -2.24. The van der Waals surface area contributed by atoms with Crippen molar-refractivity contribution in [2.75, 3.05) is 33.1 Å². The Labute approximate surface area is 203 Å². The summed E-state index contributed by atoms with van der Waals surface area (Å²) in [5, 5.41) is 9.32. The van der Waals surface area contributed by atoms with Gasteiger partial charge >= 0.3 is 0 Å². The van der Waals surface area contributed by atoms with E-state index in [9.17, 15) is 5.11 Å². The average molecular weight is 481 g/mol. The van der Waals surface area contributed by atoms with Crippen LogP contribution in [0.5, 0.6) is 17.2 Å². The van der Waals surface area contributed by atoms with Crippen molar-refractivity contribution in [1.29, 1.82) is 0 Å². The highest BCUT2D eigenvalue weighted by molar-refractivity contribution is 7.98. The molecule has 2 aliphatic rings. The maximum absolute atomic E-state index is 9.32. The molecule has 2 N–H and O–H groups in total. The van der Waals surface area contributed by atoms with E-state index in [1.807, 2.05) is 60.9 Å². The molecule has 0 radical (unpaired) electrons. The minimum absolute atomic E-state index is 0.0538. The molecule has 3 aromatic rings. The van der Waals surface area contributed by atoms with E-state index < -0.39 is 0 Å². The fourth-order valence-corrected chi connectivity index (χ4v) is 4.31. The number of nitrogens with zero attached hydrogens (tertiary/aromatic N) is 1. The lowest BCUT2D eigenvalue weighted by Gasteiger charge is -2.19. The van der Waals surface area contributed by atoms with Crippen LogP contribution in [0.15, 0.2) is 64.5 Å². The van der Waals surface area contributed by atoms with Gasteiger partial charge in [0.1, 0.15) is 34.6 Å². The third kappa shape index (κ3) is 5.09. The van der Waals surface area contributed by atoms with Gasteiger partial charge in [0, 0.05) is 29.3 Å². The van der Waals surface area contributed by atoms with E-state index in [4.69, 9.17) is 18.9 Å². The van der Waals surface area contributed by atoms with Crippen LogP contribution in [0.4, 0.5) is 0 Å². The minimum Gasteiger partial charge on any atom is -0.485 e. The van der Waals surface area contributed by atoms with E-state index >= 15 is 0 Å². The number of hydrogen-bond acceptors (Lipinski definition) is 7. The highest BCUT2D eigenvalue weighted by Crippen LogP contribution is 2.42. The normalized spacial score (nSPS) is 18.3. The molecule has 1 aromatic heterocycles. The third-order valence-corrected chi connectivity index (χ3v) is 6.62. The van der Waals surface area contributed by atoms with Gasteiger partial charge in [-0.2, -0.15) is 0 Å². The first-order valence-electron chi connectivity index (χ1n) is 11.3. The van der Waals surface area contributed by atoms with E-state index in [0.717, 1.165) is 41.3 Å². The van der Waals surface area contributed by atoms with Crippen molar-refractivity contribution in [3.8, 4) is 28.5 Å². The Hall–Kier alpha value is -2.94. The van der Waals surface area contributed by atoms with E-state index in [1.54, 1.807) is 18.9 Å². The zero-order valence-electron chi connectivity index (χ0n) is 19.2. The van der Waals surface area contributed by atoms with Gasteiger partial charge in [0.05, 0.1) is 19.8 Å². The van der Waals surface area contributed by atoms with E-state index in [1.165, 1.54) is 4.90 Å². The zero-order chi connectivity index (χ0) is 23.5. The Morgan fingerprint density at radius 1 is 1.06 bits per heavy atom. The molecule has 0 bridgehead atoms. The molecule has 2 aromatic carbocycles. The summed E-state index contributed by atoms with van der Waals surface area (Å²) in [5.41, 5.74) is 2.31. The van der Waals surface area contributed by atoms with Gasteiger partial charge in [0.15, 0.2) is 0 Å². The molecule has 0 saturated heterocycles. The second-order valence-corrected chi connectivity index (χ2v) is 9.42. The number of thioether (sulfide) groups is 1. The molecule has 0 spiro atoms. The van der Waals surface area contributed by atoms with Crippen LogP contribution < -0.4 is 9.47 Å². The molecular formula is C26H28N2O5S. The van der Waals surface area contributed by atoms with Gasteiger partial charge in [0.2, 0.25) is 5.90 Å². The topological polar surface area (TPSA) is 85.3 Å². The molecule has 2 heterocycles. The molecule has 7 nitrogen and oxygen atoms in total. The summed E-state index contributed by atoms with van der Waals surface area (Å²) in [7, 11) is 1.70. The van der Waals surface area contributed by atoms with Crippen molar-refractivity contribution in [3.05, 3.63) is 60.3 Å². The number of aromatic amines is 1. The Morgan fingerprint density at radius 3 is 2.50 bits per heavy atom. The highest BCUT2D eigenvalue weighted by Gasteiger charge is 2.45. The molecule has 178 valence electrons. The van der Waals surface area contributed by atoms with Crippen LogP contribution in [-0.4, -0.2) is 60.8 Å². The smallest absolute Gasteiger partial charge is 0.233 e. The van der Waals surface area contributed by atoms with Crippen LogP contribution >= 0.6 is 11.8 Å². The molecule has 8 heteroatoms. The van der Waals surface area contributed by atoms with Crippen molar-refractivity contribution in [3.63, 3.8) is 0 Å². The standard InChI is InChI=1S/C26H28N2O5S/c1-30-16-26(9-10-26)33-20-12-17(11-19(13-20)31-18-3-5-22(34-2)6-4-18)23-7-8-24(28-23)25-27-14-21(15-29)32-25/h3-8,11-13,21,28-29H,9-10,14-16H2,1-2H3/t21-/m1/s1. The molecule has 34 heavy (non-hydrogen) atoms. The van der Waals surface area contributed by atoms with Crippen molar-refractivity contribution in [2.45, 2.75) is 29.4 Å². The molecule has 0 unspecified atom stereocenters.